The summed E-state index contributed by atoms with van der Waals surface area (Å²) in [6.07, 6.45) is 3.77. The van der Waals surface area contributed by atoms with E-state index in [4.69, 9.17) is 9.47 Å². The molecule has 0 radical (unpaired) electrons. The van der Waals surface area contributed by atoms with Crippen molar-refractivity contribution in [2.45, 2.75) is 44.4 Å². The molecule has 4 rings (SSSR count). The number of aromatic nitrogens is 2. The van der Waals surface area contributed by atoms with E-state index in [1.165, 1.54) is 12.8 Å². The molecule has 1 N–H and O–H groups in total. The zero-order chi connectivity index (χ0) is 15.9. The number of rotatable bonds is 3. The lowest BCUT2D eigenvalue weighted by Gasteiger charge is -2.37. The van der Waals surface area contributed by atoms with Crippen molar-refractivity contribution in [3.05, 3.63) is 17.6 Å². The number of piperidine rings is 1. The minimum atomic E-state index is -0.461. The van der Waals surface area contributed by atoms with Gasteiger partial charge in [0, 0.05) is 38.0 Å². The summed E-state index contributed by atoms with van der Waals surface area (Å²) in [5.74, 6) is 0.869. The first-order chi connectivity index (χ1) is 11.1. The number of carbonyl (C=O) groups is 1. The van der Waals surface area contributed by atoms with Crippen molar-refractivity contribution >= 4 is 11.7 Å². The molecule has 0 aromatic carbocycles. The minimum absolute atomic E-state index is 0.0396. The fourth-order valence-electron chi connectivity index (χ4n) is 3.19. The first-order valence-corrected chi connectivity index (χ1v) is 8.33. The van der Waals surface area contributed by atoms with Crippen molar-refractivity contribution in [3.63, 3.8) is 0 Å². The molecule has 1 spiro atoms. The molecule has 2 saturated heterocycles. The van der Waals surface area contributed by atoms with Gasteiger partial charge in [-0.3, -0.25) is 4.79 Å². The van der Waals surface area contributed by atoms with Gasteiger partial charge in [-0.1, -0.05) is 0 Å². The predicted octanol–water partition coefficient (Wildman–Crippen LogP) is 1.34. The van der Waals surface area contributed by atoms with Gasteiger partial charge in [0.15, 0.2) is 5.79 Å². The number of aryl methyl sites for hydroxylation is 1. The molecule has 1 amide bonds. The second kappa shape index (κ2) is 5.72. The largest absolute Gasteiger partial charge is 0.367 e. The summed E-state index contributed by atoms with van der Waals surface area (Å²) in [4.78, 5) is 23.3. The van der Waals surface area contributed by atoms with E-state index in [9.17, 15) is 4.79 Å². The molecule has 1 aromatic rings. The number of ether oxygens (including phenoxy) is 2. The molecule has 0 unspecified atom stereocenters. The van der Waals surface area contributed by atoms with E-state index in [0.29, 0.717) is 43.9 Å². The van der Waals surface area contributed by atoms with E-state index < -0.39 is 5.79 Å². The minimum Gasteiger partial charge on any atom is -0.367 e. The van der Waals surface area contributed by atoms with E-state index in [1.54, 1.807) is 6.07 Å². The highest BCUT2D eigenvalue weighted by Crippen LogP contribution is 2.31. The summed E-state index contributed by atoms with van der Waals surface area (Å²) in [5.41, 5.74) is 0.463. The third kappa shape index (κ3) is 3.16. The molecule has 124 valence electrons. The molecule has 0 bridgehead atoms. The van der Waals surface area contributed by atoms with Crippen LogP contribution < -0.4 is 5.32 Å². The number of nitrogens with one attached hydrogen (secondary N) is 1. The van der Waals surface area contributed by atoms with Gasteiger partial charge in [0.25, 0.3) is 5.91 Å². The van der Waals surface area contributed by atoms with E-state index in [0.717, 1.165) is 18.7 Å². The van der Waals surface area contributed by atoms with Gasteiger partial charge >= 0.3 is 0 Å². The molecule has 3 heterocycles. The predicted molar refractivity (Wildman–Crippen MR) is 83.2 cm³/mol. The van der Waals surface area contributed by atoms with Crippen molar-refractivity contribution in [1.29, 1.82) is 0 Å². The highest BCUT2D eigenvalue weighted by Gasteiger charge is 2.41. The number of hydrogen-bond acceptors (Lipinski definition) is 6. The maximum absolute atomic E-state index is 12.7. The molecule has 7 heteroatoms. The SMILES string of the molecule is Cc1nc(NC2CC2)cc(C(=O)N2CCC3(CC2)OCCO3)n1. The van der Waals surface area contributed by atoms with Gasteiger partial charge in [0.2, 0.25) is 0 Å². The lowest BCUT2D eigenvalue weighted by Crippen LogP contribution is -2.47. The summed E-state index contributed by atoms with van der Waals surface area (Å²) in [6, 6.07) is 2.26. The quantitative estimate of drug-likeness (QED) is 0.906. The summed E-state index contributed by atoms with van der Waals surface area (Å²) in [6.45, 7) is 4.38. The van der Waals surface area contributed by atoms with Crippen LogP contribution in [-0.4, -0.2) is 58.9 Å². The Hall–Kier alpha value is -1.73. The van der Waals surface area contributed by atoms with Crippen LogP contribution in [0.2, 0.25) is 0 Å². The Bertz CT molecular complexity index is 601. The Morgan fingerprint density at radius 3 is 2.61 bits per heavy atom. The Morgan fingerprint density at radius 1 is 1.26 bits per heavy atom. The summed E-state index contributed by atoms with van der Waals surface area (Å²) in [7, 11) is 0. The van der Waals surface area contributed by atoms with Gasteiger partial charge in [0.05, 0.1) is 13.2 Å². The van der Waals surface area contributed by atoms with E-state index >= 15 is 0 Å². The van der Waals surface area contributed by atoms with Crippen LogP contribution in [0.1, 0.15) is 42.0 Å². The van der Waals surface area contributed by atoms with Crippen LogP contribution in [0, 0.1) is 6.92 Å². The molecule has 3 aliphatic rings. The molecule has 23 heavy (non-hydrogen) atoms. The molecule has 1 aliphatic carbocycles. The zero-order valence-corrected chi connectivity index (χ0v) is 13.4. The third-order valence-electron chi connectivity index (χ3n) is 4.61. The second-order valence-corrected chi connectivity index (χ2v) is 6.50. The average molecular weight is 318 g/mol. The molecule has 2 aliphatic heterocycles. The highest BCUT2D eigenvalue weighted by molar-refractivity contribution is 5.93. The van der Waals surface area contributed by atoms with Gasteiger partial charge in [-0.25, -0.2) is 9.97 Å². The van der Waals surface area contributed by atoms with Crippen LogP contribution >= 0.6 is 0 Å². The molecular formula is C16H22N4O3. The van der Waals surface area contributed by atoms with Crippen molar-refractivity contribution in [1.82, 2.24) is 14.9 Å². The Labute approximate surface area is 135 Å². The standard InChI is InChI=1S/C16H22N4O3/c1-11-17-13(10-14(18-11)19-12-2-3-12)15(21)20-6-4-16(5-7-20)22-8-9-23-16/h10,12H,2-9H2,1H3,(H,17,18,19). The maximum Gasteiger partial charge on any atom is 0.272 e. The first-order valence-electron chi connectivity index (χ1n) is 8.33. The number of likely N-dealkylation sites (tertiary alicyclic amines) is 1. The fourth-order valence-corrected chi connectivity index (χ4v) is 3.19. The summed E-state index contributed by atoms with van der Waals surface area (Å²) >= 11 is 0. The number of nitrogens with zero attached hydrogens (tertiary/aromatic N) is 3. The van der Waals surface area contributed by atoms with Crippen molar-refractivity contribution < 1.29 is 14.3 Å². The van der Waals surface area contributed by atoms with E-state index in [1.807, 2.05) is 11.8 Å². The van der Waals surface area contributed by atoms with Crippen molar-refractivity contribution in [2.75, 3.05) is 31.6 Å². The van der Waals surface area contributed by atoms with Crippen LogP contribution in [0.4, 0.5) is 5.82 Å². The van der Waals surface area contributed by atoms with Gasteiger partial charge in [-0.05, 0) is 19.8 Å². The van der Waals surface area contributed by atoms with Crippen molar-refractivity contribution in [2.24, 2.45) is 0 Å². The van der Waals surface area contributed by atoms with Gasteiger partial charge in [-0.15, -0.1) is 0 Å². The van der Waals surface area contributed by atoms with Crippen LogP contribution in [0.5, 0.6) is 0 Å². The number of carbonyl (C=O) groups excluding carboxylic acids is 1. The summed E-state index contributed by atoms with van der Waals surface area (Å²) < 4.78 is 11.4. The second-order valence-electron chi connectivity index (χ2n) is 6.50. The average Bonchev–Trinajstić information content (AvgIpc) is 3.24. The molecule has 3 fully saturated rings. The van der Waals surface area contributed by atoms with Crippen LogP contribution in [-0.2, 0) is 9.47 Å². The lowest BCUT2D eigenvalue weighted by molar-refractivity contribution is -0.181. The van der Waals surface area contributed by atoms with Gasteiger partial charge < -0.3 is 19.7 Å². The molecule has 1 saturated carbocycles. The normalized spacial score (nSPS) is 23.3. The third-order valence-corrected chi connectivity index (χ3v) is 4.61. The van der Waals surface area contributed by atoms with Gasteiger partial charge in [-0.2, -0.15) is 0 Å². The van der Waals surface area contributed by atoms with Crippen LogP contribution in [0.25, 0.3) is 0 Å². The fraction of sp³-hybridized carbons (Fsp3) is 0.688. The number of amides is 1. The Morgan fingerprint density at radius 2 is 1.96 bits per heavy atom. The lowest BCUT2D eigenvalue weighted by atomic mass is 10.0. The molecule has 1 aromatic heterocycles. The van der Waals surface area contributed by atoms with E-state index in [2.05, 4.69) is 15.3 Å². The van der Waals surface area contributed by atoms with Crippen molar-refractivity contribution in [3.8, 4) is 0 Å². The van der Waals surface area contributed by atoms with Crippen LogP contribution in [0.3, 0.4) is 0 Å². The topological polar surface area (TPSA) is 76.6 Å². The maximum atomic E-state index is 12.7. The van der Waals surface area contributed by atoms with Crippen LogP contribution in [0.15, 0.2) is 6.07 Å². The molecule has 0 atom stereocenters. The Balaban J connectivity index is 1.45. The number of anilines is 1. The molecular weight excluding hydrogens is 296 g/mol. The van der Waals surface area contributed by atoms with Gasteiger partial charge in [0.1, 0.15) is 17.3 Å². The number of hydrogen-bond donors (Lipinski definition) is 1. The smallest absolute Gasteiger partial charge is 0.272 e. The molecule has 7 nitrogen and oxygen atoms in total. The highest BCUT2D eigenvalue weighted by atomic mass is 16.7. The summed E-state index contributed by atoms with van der Waals surface area (Å²) in [5, 5.41) is 3.33. The monoisotopic (exact) mass is 318 g/mol. The first kappa shape index (κ1) is 14.8. The van der Waals surface area contributed by atoms with E-state index in [-0.39, 0.29) is 5.91 Å². The Kier molecular flexibility index (Phi) is 3.69. The zero-order valence-electron chi connectivity index (χ0n) is 13.4.